The minimum atomic E-state index is 0.186. The highest BCUT2D eigenvalue weighted by Crippen LogP contribution is 2.30. The standard InChI is InChI=1S/C24H37N5O/c1-2-3-4-5-13-27-24(30)19-28-17-22-11-12-23(18-28)29(22)15-6-14-26-21-9-7-20(16-25)8-10-21/h7-10,22-23,26H,2-6,11-15,17-19H2,1H3,(H,27,30). The molecular formula is C24H37N5O. The van der Waals surface area contributed by atoms with Crippen molar-refractivity contribution < 1.29 is 4.79 Å². The summed E-state index contributed by atoms with van der Waals surface area (Å²) in [5.41, 5.74) is 1.77. The van der Waals surface area contributed by atoms with Gasteiger partial charge in [0.2, 0.25) is 5.91 Å². The summed E-state index contributed by atoms with van der Waals surface area (Å²) in [6, 6.07) is 11.0. The van der Waals surface area contributed by atoms with E-state index in [1.54, 1.807) is 0 Å². The molecule has 2 heterocycles. The quantitative estimate of drug-likeness (QED) is 0.517. The van der Waals surface area contributed by atoms with Crippen LogP contribution in [0.1, 0.15) is 57.4 Å². The third-order valence-corrected chi connectivity index (χ3v) is 6.36. The minimum absolute atomic E-state index is 0.186. The number of nitriles is 1. The fraction of sp³-hybridized carbons (Fsp3) is 0.667. The second-order valence-corrected chi connectivity index (χ2v) is 8.70. The Kier molecular flexibility index (Phi) is 8.98. The molecule has 30 heavy (non-hydrogen) atoms. The summed E-state index contributed by atoms with van der Waals surface area (Å²) >= 11 is 0. The van der Waals surface area contributed by atoms with Gasteiger partial charge in [0.25, 0.3) is 0 Å². The van der Waals surface area contributed by atoms with E-state index < -0.39 is 0 Å². The van der Waals surface area contributed by atoms with Gasteiger partial charge in [-0.25, -0.2) is 0 Å². The summed E-state index contributed by atoms with van der Waals surface area (Å²) in [6.07, 6.45) is 8.39. The number of amides is 1. The van der Waals surface area contributed by atoms with E-state index in [2.05, 4.69) is 33.4 Å². The van der Waals surface area contributed by atoms with Crippen molar-refractivity contribution in [3.8, 4) is 6.07 Å². The largest absolute Gasteiger partial charge is 0.385 e. The highest BCUT2D eigenvalue weighted by atomic mass is 16.2. The van der Waals surface area contributed by atoms with Crippen LogP contribution in [0.5, 0.6) is 0 Å². The molecule has 1 amide bonds. The van der Waals surface area contributed by atoms with Crippen LogP contribution in [0.25, 0.3) is 0 Å². The number of carbonyl (C=O) groups is 1. The predicted molar refractivity (Wildman–Crippen MR) is 121 cm³/mol. The van der Waals surface area contributed by atoms with Gasteiger partial charge in [0.05, 0.1) is 18.2 Å². The van der Waals surface area contributed by atoms with Crippen molar-refractivity contribution in [1.29, 1.82) is 5.26 Å². The average Bonchev–Trinajstić information content (AvgIpc) is 2.99. The first-order valence-corrected chi connectivity index (χ1v) is 11.7. The molecule has 1 aromatic carbocycles. The van der Waals surface area contributed by atoms with Gasteiger partial charge in [0, 0.05) is 50.5 Å². The Hall–Kier alpha value is -2.10. The monoisotopic (exact) mass is 411 g/mol. The van der Waals surface area contributed by atoms with E-state index >= 15 is 0 Å². The second kappa shape index (κ2) is 11.9. The number of hydrogen-bond donors (Lipinski definition) is 2. The number of rotatable bonds is 12. The van der Waals surface area contributed by atoms with Crippen LogP contribution in [0.3, 0.4) is 0 Å². The minimum Gasteiger partial charge on any atom is -0.385 e. The molecule has 2 atom stereocenters. The van der Waals surface area contributed by atoms with Crippen LogP contribution in [-0.4, -0.2) is 67.1 Å². The predicted octanol–water partition coefficient (Wildman–Crippen LogP) is 3.21. The number of hydrogen-bond acceptors (Lipinski definition) is 5. The highest BCUT2D eigenvalue weighted by Gasteiger charge is 2.39. The van der Waals surface area contributed by atoms with Gasteiger partial charge in [-0.3, -0.25) is 14.6 Å². The molecule has 0 aliphatic carbocycles. The summed E-state index contributed by atoms with van der Waals surface area (Å²) in [5, 5.41) is 15.4. The van der Waals surface area contributed by atoms with Gasteiger partial charge in [-0.15, -0.1) is 0 Å². The summed E-state index contributed by atoms with van der Waals surface area (Å²) < 4.78 is 0. The van der Waals surface area contributed by atoms with Crippen molar-refractivity contribution in [2.75, 3.05) is 44.6 Å². The number of anilines is 1. The van der Waals surface area contributed by atoms with E-state index in [0.717, 1.165) is 51.3 Å². The molecule has 6 nitrogen and oxygen atoms in total. The maximum absolute atomic E-state index is 12.3. The molecule has 0 radical (unpaired) electrons. The smallest absolute Gasteiger partial charge is 0.234 e. The van der Waals surface area contributed by atoms with Gasteiger partial charge in [-0.2, -0.15) is 5.26 Å². The normalized spacial score (nSPS) is 21.3. The van der Waals surface area contributed by atoms with Crippen molar-refractivity contribution in [3.63, 3.8) is 0 Å². The lowest BCUT2D eigenvalue weighted by Crippen LogP contribution is -2.55. The van der Waals surface area contributed by atoms with Gasteiger partial charge in [0.1, 0.15) is 0 Å². The Balaban J connectivity index is 1.32. The molecule has 3 rings (SSSR count). The van der Waals surface area contributed by atoms with Crippen LogP contribution in [-0.2, 0) is 4.79 Å². The third-order valence-electron chi connectivity index (χ3n) is 6.36. The molecule has 2 unspecified atom stereocenters. The molecule has 2 aliphatic rings. The van der Waals surface area contributed by atoms with E-state index in [0.29, 0.717) is 24.2 Å². The highest BCUT2D eigenvalue weighted by molar-refractivity contribution is 5.78. The Morgan fingerprint density at radius 3 is 2.47 bits per heavy atom. The molecule has 2 saturated heterocycles. The number of piperazine rings is 1. The molecule has 0 spiro atoms. The van der Waals surface area contributed by atoms with Gasteiger partial charge < -0.3 is 10.6 Å². The zero-order valence-electron chi connectivity index (χ0n) is 18.4. The number of fused-ring (bicyclic) bond motifs is 2. The lowest BCUT2D eigenvalue weighted by molar-refractivity contribution is -0.123. The fourth-order valence-electron chi connectivity index (χ4n) is 4.77. The van der Waals surface area contributed by atoms with Crippen molar-refractivity contribution in [2.45, 2.75) is 64.0 Å². The Bertz CT molecular complexity index is 685. The molecule has 6 heteroatoms. The molecule has 1 aromatic rings. The number of likely N-dealkylation sites (tertiary alicyclic amines) is 1. The summed E-state index contributed by atoms with van der Waals surface area (Å²) in [5.74, 6) is 0.186. The van der Waals surface area contributed by atoms with Crippen LogP contribution < -0.4 is 10.6 Å². The Morgan fingerprint density at radius 2 is 1.80 bits per heavy atom. The first kappa shape index (κ1) is 22.6. The van der Waals surface area contributed by atoms with Gasteiger partial charge in [0.15, 0.2) is 0 Å². The van der Waals surface area contributed by atoms with Crippen LogP contribution in [0, 0.1) is 11.3 Å². The van der Waals surface area contributed by atoms with Crippen LogP contribution in [0.4, 0.5) is 5.69 Å². The van der Waals surface area contributed by atoms with Crippen LogP contribution in [0.15, 0.2) is 24.3 Å². The molecule has 0 saturated carbocycles. The first-order valence-electron chi connectivity index (χ1n) is 11.7. The van der Waals surface area contributed by atoms with E-state index in [4.69, 9.17) is 5.26 Å². The first-order chi connectivity index (χ1) is 14.7. The van der Waals surface area contributed by atoms with Crippen molar-refractivity contribution >= 4 is 11.6 Å². The van der Waals surface area contributed by atoms with Crippen molar-refractivity contribution in [1.82, 2.24) is 15.1 Å². The lowest BCUT2D eigenvalue weighted by atomic mass is 10.1. The molecular weight excluding hydrogens is 374 g/mol. The zero-order chi connectivity index (χ0) is 21.2. The zero-order valence-corrected chi connectivity index (χ0v) is 18.4. The van der Waals surface area contributed by atoms with E-state index in [1.165, 1.54) is 32.1 Å². The molecule has 2 N–H and O–H groups in total. The molecule has 2 fully saturated rings. The molecule has 2 aliphatic heterocycles. The van der Waals surface area contributed by atoms with Gasteiger partial charge in [-0.1, -0.05) is 26.2 Å². The maximum Gasteiger partial charge on any atom is 0.234 e. The average molecular weight is 412 g/mol. The number of benzene rings is 1. The lowest BCUT2D eigenvalue weighted by Gasteiger charge is -2.40. The number of nitrogens with one attached hydrogen (secondary N) is 2. The molecule has 164 valence electrons. The van der Waals surface area contributed by atoms with E-state index in [1.807, 2.05) is 24.3 Å². The SMILES string of the molecule is CCCCCCNC(=O)CN1CC2CCC(C1)N2CCCNc1ccc(C#N)cc1. The second-order valence-electron chi connectivity index (χ2n) is 8.70. The van der Waals surface area contributed by atoms with Crippen molar-refractivity contribution in [3.05, 3.63) is 29.8 Å². The third kappa shape index (κ3) is 6.72. The summed E-state index contributed by atoms with van der Waals surface area (Å²) in [7, 11) is 0. The summed E-state index contributed by atoms with van der Waals surface area (Å²) in [6.45, 7) is 7.65. The van der Waals surface area contributed by atoms with Crippen molar-refractivity contribution in [2.24, 2.45) is 0 Å². The van der Waals surface area contributed by atoms with Crippen LogP contribution in [0.2, 0.25) is 0 Å². The topological polar surface area (TPSA) is 71.4 Å². The van der Waals surface area contributed by atoms with Gasteiger partial charge >= 0.3 is 0 Å². The number of carbonyl (C=O) groups excluding carboxylic acids is 1. The van der Waals surface area contributed by atoms with Gasteiger partial charge in [-0.05, 0) is 49.9 Å². The van der Waals surface area contributed by atoms with E-state index in [-0.39, 0.29) is 5.91 Å². The fourth-order valence-corrected chi connectivity index (χ4v) is 4.77. The Morgan fingerprint density at radius 1 is 1.07 bits per heavy atom. The Labute approximate surface area is 181 Å². The number of nitrogens with zero attached hydrogens (tertiary/aromatic N) is 3. The molecule has 2 bridgehead atoms. The van der Waals surface area contributed by atoms with E-state index in [9.17, 15) is 4.79 Å². The summed E-state index contributed by atoms with van der Waals surface area (Å²) in [4.78, 5) is 17.3. The maximum atomic E-state index is 12.3. The van der Waals surface area contributed by atoms with Crippen LogP contribution >= 0.6 is 0 Å². The molecule has 0 aromatic heterocycles. The number of unbranched alkanes of at least 4 members (excludes halogenated alkanes) is 3.